The van der Waals surface area contributed by atoms with Crippen LogP contribution >= 0.6 is 0 Å². The number of ether oxygens (including phenoxy) is 1. The van der Waals surface area contributed by atoms with Crippen LogP contribution in [0.2, 0.25) is 0 Å². The smallest absolute Gasteiger partial charge is 0.305 e. The molecule has 2 heterocycles. The molecule has 1 aromatic rings. The van der Waals surface area contributed by atoms with Gasteiger partial charge in [-0.25, -0.2) is 4.68 Å². The Bertz CT molecular complexity index is 406. The summed E-state index contributed by atoms with van der Waals surface area (Å²) in [5, 5.41) is 20.3. The topological polar surface area (TPSA) is 90.1 Å². The van der Waals surface area contributed by atoms with E-state index in [2.05, 4.69) is 15.5 Å². The minimum absolute atomic E-state index is 0.0139. The molecule has 0 amide bonds. The molecule has 7 heteroatoms. The molecule has 0 aliphatic carbocycles. The number of aliphatic carboxylic acids is 1. The van der Waals surface area contributed by atoms with Gasteiger partial charge in [-0.3, -0.25) is 4.79 Å². The Kier molecular flexibility index (Phi) is 3.37. The SMILES string of the molecule is CC1OCCC1c1nnnn1C(C)CC(=O)O. The number of carbonyl (C=O) groups is 1. The van der Waals surface area contributed by atoms with Gasteiger partial charge in [0.15, 0.2) is 5.82 Å². The number of tetrazole rings is 1. The van der Waals surface area contributed by atoms with Crippen molar-refractivity contribution in [2.24, 2.45) is 0 Å². The zero-order valence-corrected chi connectivity index (χ0v) is 9.91. The van der Waals surface area contributed by atoms with Crippen LogP contribution in [-0.4, -0.2) is 44.0 Å². The predicted octanol–water partition coefficient (Wildman–Crippen LogP) is 0.601. The monoisotopic (exact) mass is 240 g/mol. The summed E-state index contributed by atoms with van der Waals surface area (Å²) in [7, 11) is 0. The number of carboxylic acid groups (broad SMARTS) is 1. The van der Waals surface area contributed by atoms with Crippen molar-refractivity contribution < 1.29 is 14.6 Å². The molecule has 0 spiro atoms. The van der Waals surface area contributed by atoms with E-state index in [4.69, 9.17) is 9.84 Å². The van der Waals surface area contributed by atoms with E-state index in [0.717, 1.165) is 12.2 Å². The highest BCUT2D eigenvalue weighted by Crippen LogP contribution is 2.30. The van der Waals surface area contributed by atoms with Gasteiger partial charge in [0.1, 0.15) is 0 Å². The van der Waals surface area contributed by atoms with Crippen LogP contribution in [-0.2, 0) is 9.53 Å². The van der Waals surface area contributed by atoms with E-state index >= 15 is 0 Å². The lowest BCUT2D eigenvalue weighted by atomic mass is 10.0. The normalized spacial score (nSPS) is 26.0. The van der Waals surface area contributed by atoms with Crippen LogP contribution in [0.3, 0.4) is 0 Å². The predicted molar refractivity (Wildman–Crippen MR) is 57.6 cm³/mol. The number of nitrogens with zero attached hydrogens (tertiary/aromatic N) is 4. The molecule has 0 aromatic carbocycles. The zero-order valence-electron chi connectivity index (χ0n) is 9.91. The van der Waals surface area contributed by atoms with Gasteiger partial charge in [0.25, 0.3) is 0 Å². The third-order valence-electron chi connectivity index (χ3n) is 3.11. The first-order valence-corrected chi connectivity index (χ1v) is 5.70. The van der Waals surface area contributed by atoms with Gasteiger partial charge in [0.2, 0.25) is 0 Å². The molecule has 1 aromatic heterocycles. The Hall–Kier alpha value is -1.50. The second-order valence-corrected chi connectivity index (χ2v) is 4.40. The van der Waals surface area contributed by atoms with E-state index in [1.165, 1.54) is 0 Å². The van der Waals surface area contributed by atoms with Gasteiger partial charge >= 0.3 is 5.97 Å². The Labute approximate surface area is 98.8 Å². The van der Waals surface area contributed by atoms with Crippen molar-refractivity contribution in [3.05, 3.63) is 5.82 Å². The van der Waals surface area contributed by atoms with Crippen LogP contribution in [0.1, 0.15) is 44.5 Å². The maximum absolute atomic E-state index is 10.7. The van der Waals surface area contributed by atoms with Gasteiger partial charge in [-0.05, 0) is 30.7 Å². The van der Waals surface area contributed by atoms with E-state index < -0.39 is 5.97 Å². The summed E-state index contributed by atoms with van der Waals surface area (Å²) >= 11 is 0. The first kappa shape index (κ1) is 12.0. The second-order valence-electron chi connectivity index (χ2n) is 4.40. The molecule has 2 rings (SSSR count). The summed E-state index contributed by atoms with van der Waals surface area (Å²) in [4.78, 5) is 10.7. The van der Waals surface area contributed by atoms with Crippen molar-refractivity contribution in [2.75, 3.05) is 6.61 Å². The third kappa shape index (κ3) is 2.44. The molecule has 94 valence electrons. The van der Waals surface area contributed by atoms with Gasteiger partial charge < -0.3 is 9.84 Å². The standard InChI is InChI=1S/C10H16N4O3/c1-6(5-9(15)16)14-10(11-12-13-14)8-3-4-17-7(8)2/h6-8H,3-5H2,1-2H3,(H,15,16). The number of hydrogen-bond acceptors (Lipinski definition) is 5. The summed E-state index contributed by atoms with van der Waals surface area (Å²) in [5.74, 6) is 0.0275. The van der Waals surface area contributed by atoms with Crippen LogP contribution in [0, 0.1) is 0 Å². The fourth-order valence-corrected chi connectivity index (χ4v) is 2.17. The maximum Gasteiger partial charge on any atom is 0.305 e. The van der Waals surface area contributed by atoms with E-state index in [0.29, 0.717) is 6.61 Å². The largest absolute Gasteiger partial charge is 0.481 e. The van der Waals surface area contributed by atoms with Crippen molar-refractivity contribution >= 4 is 5.97 Å². The molecule has 17 heavy (non-hydrogen) atoms. The highest BCUT2D eigenvalue weighted by molar-refractivity contribution is 5.67. The fourth-order valence-electron chi connectivity index (χ4n) is 2.17. The Balaban J connectivity index is 2.18. The van der Waals surface area contributed by atoms with Crippen LogP contribution in [0.4, 0.5) is 0 Å². The molecule has 1 aliphatic rings. The molecule has 3 unspecified atom stereocenters. The van der Waals surface area contributed by atoms with Gasteiger partial charge in [-0.15, -0.1) is 5.10 Å². The molecule has 7 nitrogen and oxygen atoms in total. The maximum atomic E-state index is 10.7. The number of hydrogen-bond donors (Lipinski definition) is 1. The summed E-state index contributed by atoms with van der Waals surface area (Å²) in [6.45, 7) is 4.49. The van der Waals surface area contributed by atoms with Crippen molar-refractivity contribution in [2.45, 2.75) is 44.8 Å². The highest BCUT2D eigenvalue weighted by Gasteiger charge is 2.31. The lowest BCUT2D eigenvalue weighted by Gasteiger charge is -2.16. The molecule has 1 N–H and O–H groups in total. The third-order valence-corrected chi connectivity index (χ3v) is 3.11. The van der Waals surface area contributed by atoms with Crippen LogP contribution in [0.15, 0.2) is 0 Å². The lowest BCUT2D eigenvalue weighted by Crippen LogP contribution is -2.20. The van der Waals surface area contributed by atoms with Gasteiger partial charge in [-0.1, -0.05) is 0 Å². The summed E-state index contributed by atoms with van der Waals surface area (Å²) < 4.78 is 7.08. The van der Waals surface area contributed by atoms with Crippen molar-refractivity contribution in [1.29, 1.82) is 0 Å². The quantitative estimate of drug-likeness (QED) is 0.828. The molecule has 0 bridgehead atoms. The Morgan fingerprint density at radius 2 is 2.47 bits per heavy atom. The first-order valence-electron chi connectivity index (χ1n) is 5.70. The second kappa shape index (κ2) is 4.79. The van der Waals surface area contributed by atoms with Crippen molar-refractivity contribution in [3.63, 3.8) is 0 Å². The summed E-state index contributed by atoms with van der Waals surface area (Å²) in [5.41, 5.74) is 0. The molecule has 0 radical (unpaired) electrons. The average molecular weight is 240 g/mol. The minimum atomic E-state index is -0.852. The molecule has 0 saturated carbocycles. The number of aromatic nitrogens is 4. The van der Waals surface area contributed by atoms with Gasteiger partial charge in [0, 0.05) is 12.5 Å². The average Bonchev–Trinajstić information content (AvgIpc) is 2.83. The minimum Gasteiger partial charge on any atom is -0.481 e. The van der Waals surface area contributed by atoms with E-state index in [1.54, 1.807) is 11.6 Å². The summed E-state index contributed by atoms with van der Waals surface area (Å²) in [6.07, 6.45) is 0.971. The lowest BCUT2D eigenvalue weighted by molar-refractivity contribution is -0.137. The molecular weight excluding hydrogens is 224 g/mol. The molecule has 1 fully saturated rings. The number of carboxylic acids is 1. The molecule has 1 saturated heterocycles. The van der Waals surface area contributed by atoms with Crippen molar-refractivity contribution in [3.8, 4) is 0 Å². The fraction of sp³-hybridized carbons (Fsp3) is 0.800. The van der Waals surface area contributed by atoms with E-state index in [1.807, 2.05) is 6.92 Å². The number of rotatable bonds is 4. The Morgan fingerprint density at radius 1 is 1.71 bits per heavy atom. The highest BCUT2D eigenvalue weighted by atomic mass is 16.5. The Morgan fingerprint density at radius 3 is 3.06 bits per heavy atom. The zero-order chi connectivity index (χ0) is 12.4. The van der Waals surface area contributed by atoms with E-state index in [9.17, 15) is 4.79 Å². The molecular formula is C10H16N4O3. The molecule has 1 aliphatic heterocycles. The van der Waals surface area contributed by atoms with Crippen LogP contribution in [0.25, 0.3) is 0 Å². The van der Waals surface area contributed by atoms with Gasteiger partial charge in [0.05, 0.1) is 18.6 Å². The summed E-state index contributed by atoms with van der Waals surface area (Å²) in [6, 6.07) is -0.245. The molecule has 3 atom stereocenters. The van der Waals surface area contributed by atoms with Crippen LogP contribution < -0.4 is 0 Å². The van der Waals surface area contributed by atoms with Gasteiger partial charge in [-0.2, -0.15) is 0 Å². The first-order chi connectivity index (χ1) is 8.09. The van der Waals surface area contributed by atoms with Crippen molar-refractivity contribution in [1.82, 2.24) is 20.2 Å². The van der Waals surface area contributed by atoms with Crippen LogP contribution in [0.5, 0.6) is 0 Å². The van der Waals surface area contributed by atoms with E-state index in [-0.39, 0.29) is 24.5 Å².